The number of hydrogen-bond acceptors (Lipinski definition) is 10. The van der Waals surface area contributed by atoms with Crippen LogP contribution >= 0.6 is 0 Å². The summed E-state index contributed by atoms with van der Waals surface area (Å²) in [6, 6.07) is 13.5. The van der Waals surface area contributed by atoms with E-state index >= 15 is 0 Å². The maximum atomic E-state index is 14.1. The second kappa shape index (κ2) is 10.7. The van der Waals surface area contributed by atoms with Gasteiger partial charge in [-0.05, 0) is 43.1 Å². The standard InChI is InChI=1S/C33H32N4O9/c1-13-15-11-12-18(36-32(45)35-17-10-6-8-14-7-4-5-9-16(14)17)25(38)20(15)26(39)21-19(13)27(40)23-24(37(2)3)28(41)22(31(34)44)30(43)33(23,46)29(21)42/h4-13,19,23-24,27,38-40,43,46H,1-3H3,(H2,34,44)(H2,35,36,45)/t13-,19+,23+,24?,27-,33-/m0/s1. The van der Waals surface area contributed by atoms with Gasteiger partial charge in [-0.15, -0.1) is 0 Å². The average molecular weight is 629 g/mol. The third kappa shape index (κ3) is 4.20. The van der Waals surface area contributed by atoms with Crippen LogP contribution in [0.25, 0.3) is 16.5 Å². The van der Waals surface area contributed by atoms with Gasteiger partial charge in [0, 0.05) is 16.9 Å². The van der Waals surface area contributed by atoms with Gasteiger partial charge in [0.05, 0.1) is 35.0 Å². The molecule has 9 N–H and O–H groups in total. The fourth-order valence-corrected chi connectivity index (χ4v) is 7.33. The number of phenols is 1. The van der Waals surface area contributed by atoms with E-state index in [0.29, 0.717) is 11.3 Å². The highest BCUT2D eigenvalue weighted by Crippen LogP contribution is 2.56. The molecule has 0 bridgehead atoms. The van der Waals surface area contributed by atoms with Crippen molar-refractivity contribution in [1.82, 2.24) is 4.90 Å². The number of fused-ring (bicyclic) bond motifs is 4. The zero-order valence-electron chi connectivity index (χ0n) is 25.0. The molecule has 0 radical (unpaired) electrons. The number of phenolic OH excluding ortho intramolecular Hbond substituents is 1. The number of aromatic hydroxyl groups is 1. The molecule has 0 spiro atoms. The summed E-state index contributed by atoms with van der Waals surface area (Å²) >= 11 is 0. The molecule has 0 aliphatic heterocycles. The van der Waals surface area contributed by atoms with Gasteiger partial charge >= 0.3 is 6.03 Å². The Kier molecular flexibility index (Phi) is 7.15. The number of primary amides is 1. The fraction of sp³-hybridized carbons (Fsp3) is 0.273. The first-order valence-corrected chi connectivity index (χ1v) is 14.5. The maximum absolute atomic E-state index is 14.1. The van der Waals surface area contributed by atoms with Gasteiger partial charge in [-0.1, -0.05) is 49.4 Å². The van der Waals surface area contributed by atoms with Gasteiger partial charge in [0.2, 0.25) is 5.78 Å². The summed E-state index contributed by atoms with van der Waals surface area (Å²) in [5.74, 6) is -10.00. The van der Waals surface area contributed by atoms with Gasteiger partial charge in [0.1, 0.15) is 22.8 Å². The Morgan fingerprint density at radius 3 is 2.26 bits per heavy atom. The van der Waals surface area contributed by atoms with Crippen LogP contribution in [0, 0.1) is 11.8 Å². The quantitative estimate of drug-likeness (QED) is 0.155. The first-order chi connectivity index (χ1) is 21.7. The number of benzene rings is 3. The van der Waals surface area contributed by atoms with Crippen LogP contribution in [0.2, 0.25) is 0 Å². The van der Waals surface area contributed by atoms with E-state index in [0.717, 1.165) is 10.8 Å². The van der Waals surface area contributed by atoms with Gasteiger partial charge in [0.25, 0.3) is 5.91 Å². The van der Waals surface area contributed by atoms with Crippen molar-refractivity contribution >= 4 is 51.4 Å². The van der Waals surface area contributed by atoms with Crippen molar-refractivity contribution in [2.45, 2.75) is 30.6 Å². The Balaban J connectivity index is 1.43. The summed E-state index contributed by atoms with van der Waals surface area (Å²) in [5, 5.41) is 64.4. The minimum Gasteiger partial charge on any atom is -0.508 e. The van der Waals surface area contributed by atoms with Crippen molar-refractivity contribution in [3.63, 3.8) is 0 Å². The first-order valence-electron chi connectivity index (χ1n) is 14.5. The van der Waals surface area contributed by atoms with Crippen LogP contribution < -0.4 is 16.4 Å². The Bertz CT molecular complexity index is 1930. The lowest BCUT2D eigenvalue weighted by Gasteiger charge is -2.53. The van der Waals surface area contributed by atoms with Gasteiger partial charge < -0.3 is 41.9 Å². The number of Topliss-reactive ketones (excluding diaryl/α,β-unsaturated/α-hetero) is 2. The van der Waals surface area contributed by atoms with E-state index in [9.17, 15) is 44.7 Å². The topological polar surface area (TPSA) is 223 Å². The molecule has 3 amide bonds. The molecule has 3 aliphatic carbocycles. The Labute approximate surface area is 262 Å². The molecule has 3 aromatic carbocycles. The molecule has 1 unspecified atom stereocenters. The van der Waals surface area contributed by atoms with E-state index in [4.69, 9.17) is 5.73 Å². The molecule has 46 heavy (non-hydrogen) atoms. The van der Waals surface area contributed by atoms with E-state index in [1.807, 2.05) is 30.3 Å². The number of amides is 3. The molecule has 6 rings (SSSR count). The van der Waals surface area contributed by atoms with E-state index in [1.165, 1.54) is 31.1 Å². The lowest BCUT2D eigenvalue weighted by molar-refractivity contribution is -0.169. The summed E-state index contributed by atoms with van der Waals surface area (Å²) in [5.41, 5.74) is 1.27. The van der Waals surface area contributed by atoms with Crippen molar-refractivity contribution in [2.75, 3.05) is 24.7 Å². The normalized spacial score (nSPS) is 27.3. The summed E-state index contributed by atoms with van der Waals surface area (Å²) in [6.07, 6.45) is -1.71. The lowest BCUT2D eigenvalue weighted by Crippen LogP contribution is -2.70. The maximum Gasteiger partial charge on any atom is 0.323 e. The highest BCUT2D eigenvalue weighted by atomic mass is 16.4. The molecule has 6 atom stereocenters. The molecule has 1 saturated carbocycles. The number of anilines is 2. The van der Waals surface area contributed by atoms with Crippen molar-refractivity contribution in [2.24, 2.45) is 17.6 Å². The predicted octanol–water partition coefficient (Wildman–Crippen LogP) is 2.29. The van der Waals surface area contributed by atoms with E-state index in [-0.39, 0.29) is 11.3 Å². The molecule has 3 aliphatic rings. The van der Waals surface area contributed by atoms with E-state index < -0.39 is 87.4 Å². The van der Waals surface area contributed by atoms with Gasteiger partial charge in [-0.3, -0.25) is 19.3 Å². The van der Waals surface area contributed by atoms with E-state index in [2.05, 4.69) is 10.6 Å². The number of nitrogens with zero attached hydrogens (tertiary/aromatic N) is 1. The highest BCUT2D eigenvalue weighted by molar-refractivity contribution is 6.24. The largest absolute Gasteiger partial charge is 0.508 e. The third-order valence-electron chi connectivity index (χ3n) is 9.42. The van der Waals surface area contributed by atoms with E-state index in [1.54, 1.807) is 19.1 Å². The zero-order chi connectivity index (χ0) is 33.4. The number of carbonyl (C=O) groups is 4. The van der Waals surface area contributed by atoms with Gasteiger partial charge in [-0.25, -0.2) is 4.79 Å². The Morgan fingerprint density at radius 2 is 1.59 bits per heavy atom. The Morgan fingerprint density at radius 1 is 0.935 bits per heavy atom. The van der Waals surface area contributed by atoms with Crippen LogP contribution in [-0.4, -0.2) is 85.8 Å². The van der Waals surface area contributed by atoms with Crippen molar-refractivity contribution in [3.05, 3.63) is 82.6 Å². The smallest absolute Gasteiger partial charge is 0.323 e. The molecular weight excluding hydrogens is 596 g/mol. The monoisotopic (exact) mass is 628 g/mol. The second-order valence-electron chi connectivity index (χ2n) is 12.1. The molecule has 1 fully saturated rings. The minimum atomic E-state index is -3.02. The number of aliphatic hydroxyl groups excluding tert-OH is 3. The molecule has 3 aromatic rings. The summed E-state index contributed by atoms with van der Waals surface area (Å²) < 4.78 is 0. The molecule has 0 saturated heterocycles. The highest BCUT2D eigenvalue weighted by Gasteiger charge is 2.68. The fourth-order valence-electron chi connectivity index (χ4n) is 7.33. The summed E-state index contributed by atoms with van der Waals surface area (Å²) in [4.78, 5) is 54.0. The number of urea groups is 1. The molecule has 0 aromatic heterocycles. The molecule has 13 nitrogen and oxygen atoms in total. The number of ketones is 2. The van der Waals surface area contributed by atoms with Crippen molar-refractivity contribution < 1.29 is 44.7 Å². The predicted molar refractivity (Wildman–Crippen MR) is 167 cm³/mol. The van der Waals surface area contributed by atoms with Crippen LogP contribution in [0.1, 0.15) is 24.0 Å². The number of nitrogens with one attached hydrogen (secondary N) is 2. The second-order valence-corrected chi connectivity index (χ2v) is 12.1. The van der Waals surface area contributed by atoms with Crippen molar-refractivity contribution in [1.29, 1.82) is 0 Å². The van der Waals surface area contributed by atoms with Gasteiger partial charge in [0.15, 0.2) is 11.4 Å². The number of hydrogen-bond donors (Lipinski definition) is 8. The number of aliphatic hydroxyl groups is 4. The zero-order valence-corrected chi connectivity index (χ0v) is 25.0. The first kappa shape index (κ1) is 30.8. The van der Waals surface area contributed by atoms with Crippen LogP contribution in [-0.2, 0) is 14.4 Å². The lowest BCUT2D eigenvalue weighted by atomic mass is 9.54. The minimum absolute atomic E-state index is 0.121. The van der Waals surface area contributed by atoms with Gasteiger partial charge in [-0.2, -0.15) is 0 Å². The summed E-state index contributed by atoms with van der Waals surface area (Å²) in [6.45, 7) is 1.62. The molecule has 0 heterocycles. The number of likely N-dealkylation sites (N-methyl/N-ethyl adjacent to an activating group) is 1. The average Bonchev–Trinajstić information content (AvgIpc) is 3.00. The van der Waals surface area contributed by atoms with Crippen LogP contribution in [0.5, 0.6) is 5.75 Å². The Hall–Kier alpha value is -5.24. The van der Waals surface area contributed by atoms with Crippen LogP contribution in [0.15, 0.2) is 71.5 Å². The van der Waals surface area contributed by atoms with Crippen molar-refractivity contribution in [3.8, 4) is 5.75 Å². The number of rotatable bonds is 4. The van der Waals surface area contributed by atoms with Crippen LogP contribution in [0.3, 0.4) is 0 Å². The SMILES string of the molecule is C[C@H]1c2ccc(NC(=O)Nc3cccc4ccccc34)c(O)c2C(O)=C2C(=O)[C@]3(O)C(O)=C(C(N)=O)C(=O)C(N(C)C)[C@@H]3[C@@H](O)[C@@H]21. The number of carbonyl (C=O) groups excluding carboxylic acids is 4. The molecular formula is C33H32N4O9. The molecule has 238 valence electrons. The van der Waals surface area contributed by atoms with Crippen LogP contribution in [0.4, 0.5) is 16.2 Å². The summed E-state index contributed by atoms with van der Waals surface area (Å²) in [7, 11) is 2.87. The molecule has 13 heteroatoms. The third-order valence-corrected chi connectivity index (χ3v) is 9.42. The number of nitrogens with two attached hydrogens (primary N) is 1.